The largest absolute Gasteiger partial charge is 0.372 e. The van der Waals surface area contributed by atoms with Crippen LogP contribution < -0.4 is 4.90 Å². The molecule has 1 aromatic carbocycles. The fraction of sp³-hybridized carbons (Fsp3) is 0.412. The number of nitrogens with zero attached hydrogens (tertiary/aromatic N) is 6. The second-order valence-electron chi connectivity index (χ2n) is 6.01. The molecular formula is C17H20N6O. The van der Waals surface area contributed by atoms with E-state index in [2.05, 4.69) is 49.4 Å². The maximum Gasteiger partial charge on any atom is 0.228 e. The summed E-state index contributed by atoms with van der Waals surface area (Å²) in [4.78, 5) is 10.8. The van der Waals surface area contributed by atoms with Crippen LogP contribution in [0.3, 0.4) is 0 Å². The molecule has 3 aromatic rings. The third-order valence-corrected chi connectivity index (χ3v) is 4.34. The molecule has 4 rings (SSSR count). The van der Waals surface area contributed by atoms with Crippen LogP contribution in [0.15, 0.2) is 41.4 Å². The van der Waals surface area contributed by atoms with Gasteiger partial charge >= 0.3 is 0 Å². The molecule has 0 spiro atoms. The van der Waals surface area contributed by atoms with E-state index in [1.54, 1.807) is 11.0 Å². The number of rotatable bonds is 5. The van der Waals surface area contributed by atoms with E-state index in [1.165, 1.54) is 31.3 Å². The summed E-state index contributed by atoms with van der Waals surface area (Å²) in [5, 5.41) is 8.14. The van der Waals surface area contributed by atoms with Gasteiger partial charge in [0.25, 0.3) is 0 Å². The Bertz CT molecular complexity index is 759. The molecule has 124 valence electrons. The maximum absolute atomic E-state index is 5.33. The highest BCUT2D eigenvalue weighted by atomic mass is 16.5. The molecule has 0 radical (unpaired) electrons. The third kappa shape index (κ3) is 3.29. The Morgan fingerprint density at radius 2 is 1.88 bits per heavy atom. The van der Waals surface area contributed by atoms with Crippen LogP contribution >= 0.6 is 0 Å². The maximum atomic E-state index is 5.33. The summed E-state index contributed by atoms with van der Waals surface area (Å²) in [6, 6.07) is 8.42. The fourth-order valence-corrected chi connectivity index (χ4v) is 3.01. The minimum absolute atomic E-state index is 0.612. The number of aromatic nitrogens is 5. The lowest BCUT2D eigenvalue weighted by Crippen LogP contribution is -2.29. The second kappa shape index (κ2) is 6.82. The lowest BCUT2D eigenvalue weighted by atomic mass is 10.1. The van der Waals surface area contributed by atoms with Gasteiger partial charge in [0.05, 0.1) is 6.54 Å². The Morgan fingerprint density at radius 3 is 2.62 bits per heavy atom. The molecule has 0 aliphatic carbocycles. The predicted octanol–water partition coefficient (Wildman–Crippen LogP) is 2.56. The Hall–Kier alpha value is -2.70. The molecule has 0 saturated carbocycles. The lowest BCUT2D eigenvalue weighted by Gasteiger charge is -2.28. The Morgan fingerprint density at radius 1 is 1.04 bits per heavy atom. The molecule has 1 aliphatic heterocycles. The first-order valence-corrected chi connectivity index (χ1v) is 8.39. The molecular weight excluding hydrogens is 304 g/mol. The van der Waals surface area contributed by atoms with Crippen LogP contribution in [-0.4, -0.2) is 38.0 Å². The summed E-state index contributed by atoms with van der Waals surface area (Å²) in [6.45, 7) is 2.97. The highest BCUT2D eigenvalue weighted by molar-refractivity contribution is 5.60. The number of hydrogen-bond donors (Lipinski definition) is 0. The molecule has 24 heavy (non-hydrogen) atoms. The first kappa shape index (κ1) is 14.9. The van der Waals surface area contributed by atoms with Crippen molar-refractivity contribution in [2.24, 2.45) is 0 Å². The van der Waals surface area contributed by atoms with E-state index in [0.29, 0.717) is 24.7 Å². The van der Waals surface area contributed by atoms with Crippen molar-refractivity contribution in [3.8, 4) is 11.4 Å². The van der Waals surface area contributed by atoms with Crippen molar-refractivity contribution in [1.29, 1.82) is 0 Å². The molecule has 0 N–H and O–H groups in total. The molecule has 0 amide bonds. The number of piperidine rings is 1. The zero-order chi connectivity index (χ0) is 16.2. The van der Waals surface area contributed by atoms with Crippen molar-refractivity contribution in [3.05, 3.63) is 42.8 Å². The number of anilines is 1. The molecule has 0 bridgehead atoms. The molecule has 3 heterocycles. The zero-order valence-electron chi connectivity index (χ0n) is 13.5. The van der Waals surface area contributed by atoms with Crippen molar-refractivity contribution in [3.63, 3.8) is 0 Å². The fourth-order valence-electron chi connectivity index (χ4n) is 3.01. The predicted molar refractivity (Wildman–Crippen MR) is 89.5 cm³/mol. The highest BCUT2D eigenvalue weighted by Gasteiger charge is 2.12. The number of benzene rings is 1. The van der Waals surface area contributed by atoms with E-state index in [1.807, 2.05) is 0 Å². The van der Waals surface area contributed by atoms with Crippen LogP contribution in [0, 0.1) is 0 Å². The molecule has 1 fully saturated rings. The molecule has 2 aromatic heterocycles. The van der Waals surface area contributed by atoms with Gasteiger partial charge in [0.1, 0.15) is 12.7 Å². The molecule has 1 aliphatic rings. The van der Waals surface area contributed by atoms with Gasteiger partial charge < -0.3 is 9.42 Å². The first-order valence-electron chi connectivity index (χ1n) is 8.39. The van der Waals surface area contributed by atoms with E-state index in [-0.39, 0.29) is 0 Å². The van der Waals surface area contributed by atoms with Gasteiger partial charge in [0.2, 0.25) is 11.7 Å². The summed E-state index contributed by atoms with van der Waals surface area (Å²) < 4.78 is 7.08. The van der Waals surface area contributed by atoms with E-state index in [4.69, 9.17) is 4.52 Å². The highest BCUT2D eigenvalue weighted by Crippen LogP contribution is 2.23. The Kier molecular flexibility index (Phi) is 4.22. The van der Waals surface area contributed by atoms with Gasteiger partial charge in [-0.05, 0) is 43.5 Å². The standard InChI is InChI=1S/C17H20N6O/c1-2-9-22(10-3-1)15-6-4-14(5-7-15)17-20-16(24-21-17)8-11-23-13-18-12-19-23/h4-7,12-13H,1-3,8-11H2. The molecule has 1 saturated heterocycles. The molecule has 0 unspecified atom stereocenters. The average Bonchev–Trinajstić information content (AvgIpc) is 3.33. The average molecular weight is 324 g/mol. The summed E-state index contributed by atoms with van der Waals surface area (Å²) in [6.07, 6.45) is 7.74. The van der Waals surface area contributed by atoms with Crippen molar-refractivity contribution < 1.29 is 4.52 Å². The zero-order valence-corrected chi connectivity index (χ0v) is 13.5. The molecule has 0 atom stereocenters. The smallest absolute Gasteiger partial charge is 0.228 e. The van der Waals surface area contributed by atoms with Gasteiger partial charge in [-0.25, -0.2) is 4.98 Å². The van der Waals surface area contributed by atoms with Gasteiger partial charge in [-0.3, -0.25) is 4.68 Å². The van der Waals surface area contributed by atoms with Crippen molar-refractivity contribution in [2.45, 2.75) is 32.2 Å². The van der Waals surface area contributed by atoms with Gasteiger partial charge in [-0.15, -0.1) is 0 Å². The van der Waals surface area contributed by atoms with Crippen molar-refractivity contribution in [2.75, 3.05) is 18.0 Å². The van der Waals surface area contributed by atoms with Crippen LogP contribution in [0.4, 0.5) is 5.69 Å². The van der Waals surface area contributed by atoms with Crippen LogP contribution in [0.25, 0.3) is 11.4 Å². The Balaban J connectivity index is 1.42. The van der Waals surface area contributed by atoms with Gasteiger partial charge in [0, 0.05) is 30.8 Å². The first-order chi connectivity index (χ1) is 11.9. The molecule has 7 heteroatoms. The molecule has 7 nitrogen and oxygen atoms in total. The minimum Gasteiger partial charge on any atom is -0.372 e. The van der Waals surface area contributed by atoms with Crippen LogP contribution in [0.5, 0.6) is 0 Å². The minimum atomic E-state index is 0.612. The topological polar surface area (TPSA) is 72.9 Å². The quantitative estimate of drug-likeness (QED) is 0.718. The lowest BCUT2D eigenvalue weighted by molar-refractivity contribution is 0.369. The van der Waals surface area contributed by atoms with Gasteiger partial charge in [-0.2, -0.15) is 10.1 Å². The third-order valence-electron chi connectivity index (χ3n) is 4.34. The van der Waals surface area contributed by atoms with Crippen LogP contribution in [0.1, 0.15) is 25.2 Å². The van der Waals surface area contributed by atoms with Crippen LogP contribution in [0.2, 0.25) is 0 Å². The van der Waals surface area contributed by atoms with Crippen molar-refractivity contribution >= 4 is 5.69 Å². The summed E-state index contributed by atoms with van der Waals surface area (Å²) in [5.74, 6) is 1.24. The van der Waals surface area contributed by atoms with E-state index in [0.717, 1.165) is 18.7 Å². The second-order valence-corrected chi connectivity index (χ2v) is 6.01. The summed E-state index contributed by atoms with van der Waals surface area (Å²) >= 11 is 0. The monoisotopic (exact) mass is 324 g/mol. The van der Waals surface area contributed by atoms with Crippen molar-refractivity contribution in [1.82, 2.24) is 24.9 Å². The van der Waals surface area contributed by atoms with Gasteiger partial charge in [-0.1, -0.05) is 5.16 Å². The summed E-state index contributed by atoms with van der Waals surface area (Å²) in [7, 11) is 0. The van der Waals surface area contributed by atoms with E-state index < -0.39 is 0 Å². The SMILES string of the molecule is c1ncn(CCc2nc(-c3ccc(N4CCCCC4)cc3)no2)n1. The normalized spacial score (nSPS) is 14.9. The van der Waals surface area contributed by atoms with E-state index >= 15 is 0 Å². The number of hydrogen-bond acceptors (Lipinski definition) is 6. The Labute approximate surface area is 140 Å². The number of aryl methyl sites for hydroxylation is 2. The van der Waals surface area contributed by atoms with E-state index in [9.17, 15) is 0 Å². The van der Waals surface area contributed by atoms with Crippen LogP contribution in [-0.2, 0) is 13.0 Å². The summed E-state index contributed by atoms with van der Waals surface area (Å²) in [5.41, 5.74) is 2.25. The van der Waals surface area contributed by atoms with Gasteiger partial charge in [0.15, 0.2) is 0 Å².